The van der Waals surface area contributed by atoms with E-state index in [0.717, 1.165) is 0 Å². The van der Waals surface area contributed by atoms with Crippen LogP contribution in [0.1, 0.15) is 32.6 Å². The third-order valence-corrected chi connectivity index (χ3v) is 3.15. The molecule has 0 saturated carbocycles. The lowest BCUT2D eigenvalue weighted by atomic mass is 10.2. The maximum atomic E-state index is 11.6. The quantitative estimate of drug-likeness (QED) is 0.687. The van der Waals surface area contributed by atoms with Gasteiger partial charge in [-0.2, -0.15) is 0 Å². The summed E-state index contributed by atoms with van der Waals surface area (Å²) in [7, 11) is 0. The molecule has 0 radical (unpaired) electrons. The van der Waals surface area contributed by atoms with Crippen LogP contribution in [0.4, 0.5) is 0 Å². The van der Waals surface area contributed by atoms with E-state index >= 15 is 0 Å². The third kappa shape index (κ3) is 7.56. The van der Waals surface area contributed by atoms with E-state index in [4.69, 9.17) is 21.4 Å². The molecule has 6 heteroatoms. The lowest BCUT2D eigenvalue weighted by Crippen LogP contribution is -2.32. The Morgan fingerprint density at radius 3 is 2.71 bits per heavy atom. The Balaban J connectivity index is 2.16. The molecule has 1 unspecified atom stereocenters. The molecule has 1 aromatic rings. The fourth-order valence-corrected chi connectivity index (χ4v) is 1.93. The molecular formula is C15H20ClNO4. The lowest BCUT2D eigenvalue weighted by Gasteiger charge is -2.13. The average Bonchev–Trinajstić information content (AvgIpc) is 2.43. The van der Waals surface area contributed by atoms with Gasteiger partial charge in [0.25, 0.3) is 0 Å². The second-order valence-corrected chi connectivity index (χ2v) is 5.19. The highest BCUT2D eigenvalue weighted by Gasteiger charge is 2.09. The number of ether oxygens (including phenoxy) is 1. The Morgan fingerprint density at radius 2 is 2.05 bits per heavy atom. The highest BCUT2D eigenvalue weighted by molar-refractivity contribution is 6.32. The van der Waals surface area contributed by atoms with Crippen LogP contribution in [-0.4, -0.2) is 29.6 Å². The van der Waals surface area contributed by atoms with E-state index in [2.05, 4.69) is 5.32 Å². The summed E-state index contributed by atoms with van der Waals surface area (Å²) < 4.78 is 5.48. The number of aliphatic carboxylic acids is 1. The van der Waals surface area contributed by atoms with Gasteiger partial charge in [0.2, 0.25) is 5.91 Å². The number of carboxylic acids is 1. The minimum absolute atomic E-state index is 0.0526. The number of para-hydroxylation sites is 1. The van der Waals surface area contributed by atoms with Crippen LogP contribution in [0.3, 0.4) is 0 Å². The molecule has 1 rings (SSSR count). The first kappa shape index (κ1) is 17.3. The normalized spacial score (nSPS) is 11.7. The number of carbonyl (C=O) groups excluding carboxylic acids is 1. The second-order valence-electron chi connectivity index (χ2n) is 4.78. The maximum absolute atomic E-state index is 11.6. The molecule has 2 N–H and O–H groups in total. The molecule has 0 spiro atoms. The zero-order valence-electron chi connectivity index (χ0n) is 12.0. The van der Waals surface area contributed by atoms with E-state index in [1.165, 1.54) is 0 Å². The molecule has 0 heterocycles. The van der Waals surface area contributed by atoms with Crippen LogP contribution >= 0.6 is 11.6 Å². The first-order valence-corrected chi connectivity index (χ1v) is 7.25. The molecule has 0 bridgehead atoms. The van der Waals surface area contributed by atoms with Gasteiger partial charge in [-0.1, -0.05) is 23.7 Å². The molecule has 0 aliphatic carbocycles. The first-order valence-electron chi connectivity index (χ1n) is 6.87. The van der Waals surface area contributed by atoms with Crippen LogP contribution in [0.25, 0.3) is 0 Å². The van der Waals surface area contributed by atoms with Crippen molar-refractivity contribution in [3.63, 3.8) is 0 Å². The summed E-state index contributed by atoms with van der Waals surface area (Å²) >= 11 is 5.94. The van der Waals surface area contributed by atoms with Gasteiger partial charge in [-0.05, 0) is 31.9 Å². The van der Waals surface area contributed by atoms with E-state index in [-0.39, 0.29) is 18.4 Å². The second kappa shape index (κ2) is 9.23. The van der Waals surface area contributed by atoms with Gasteiger partial charge in [0.15, 0.2) is 0 Å². The van der Waals surface area contributed by atoms with Gasteiger partial charge in [-0.3, -0.25) is 9.59 Å². The van der Waals surface area contributed by atoms with Crippen molar-refractivity contribution in [2.24, 2.45) is 0 Å². The monoisotopic (exact) mass is 313 g/mol. The molecule has 116 valence electrons. The largest absolute Gasteiger partial charge is 0.492 e. The van der Waals surface area contributed by atoms with Crippen molar-refractivity contribution in [2.45, 2.75) is 38.6 Å². The van der Waals surface area contributed by atoms with Crippen LogP contribution in [0.15, 0.2) is 24.3 Å². The van der Waals surface area contributed by atoms with Gasteiger partial charge in [-0.25, -0.2) is 0 Å². The van der Waals surface area contributed by atoms with Gasteiger partial charge < -0.3 is 15.2 Å². The number of hydrogen-bond acceptors (Lipinski definition) is 3. The van der Waals surface area contributed by atoms with E-state index in [9.17, 15) is 9.59 Å². The van der Waals surface area contributed by atoms with E-state index in [1.807, 2.05) is 12.1 Å². The fourth-order valence-electron chi connectivity index (χ4n) is 1.74. The number of carboxylic acid groups (broad SMARTS) is 1. The molecular weight excluding hydrogens is 294 g/mol. The van der Waals surface area contributed by atoms with Gasteiger partial charge in [-0.15, -0.1) is 0 Å². The number of halogens is 1. The summed E-state index contributed by atoms with van der Waals surface area (Å²) in [5.41, 5.74) is 0. The molecule has 21 heavy (non-hydrogen) atoms. The smallest absolute Gasteiger partial charge is 0.303 e. The SMILES string of the molecule is CC(CCC(=O)O)NC(=O)CCCOc1ccccc1Cl. The molecule has 5 nitrogen and oxygen atoms in total. The van der Waals surface area contributed by atoms with Crippen molar-refractivity contribution < 1.29 is 19.4 Å². The van der Waals surface area contributed by atoms with Crippen LogP contribution in [0, 0.1) is 0 Å². The fraction of sp³-hybridized carbons (Fsp3) is 0.467. The van der Waals surface area contributed by atoms with E-state index in [0.29, 0.717) is 36.6 Å². The minimum Gasteiger partial charge on any atom is -0.492 e. The van der Waals surface area contributed by atoms with Gasteiger partial charge in [0.1, 0.15) is 5.75 Å². The van der Waals surface area contributed by atoms with Crippen molar-refractivity contribution in [3.8, 4) is 5.75 Å². The Labute approximate surface area is 129 Å². The number of rotatable bonds is 9. The summed E-state index contributed by atoms with van der Waals surface area (Å²) in [6.07, 6.45) is 1.39. The average molecular weight is 314 g/mol. The zero-order chi connectivity index (χ0) is 15.7. The zero-order valence-corrected chi connectivity index (χ0v) is 12.7. The number of benzene rings is 1. The van der Waals surface area contributed by atoms with Crippen LogP contribution in [0.5, 0.6) is 5.75 Å². The third-order valence-electron chi connectivity index (χ3n) is 2.84. The first-order chi connectivity index (χ1) is 9.99. The molecule has 1 amide bonds. The van der Waals surface area contributed by atoms with E-state index in [1.54, 1.807) is 19.1 Å². The predicted molar refractivity (Wildman–Crippen MR) is 80.7 cm³/mol. The van der Waals surface area contributed by atoms with Gasteiger partial charge >= 0.3 is 5.97 Å². The molecule has 0 fully saturated rings. The van der Waals surface area contributed by atoms with Crippen LogP contribution in [0.2, 0.25) is 5.02 Å². The summed E-state index contributed by atoms with van der Waals surface area (Å²) in [6, 6.07) is 7.03. The van der Waals surface area contributed by atoms with Gasteiger partial charge in [0.05, 0.1) is 11.6 Å². The topological polar surface area (TPSA) is 75.6 Å². The molecule has 0 aromatic heterocycles. The molecule has 1 atom stereocenters. The Kier molecular flexibility index (Phi) is 7.61. The Hall–Kier alpha value is -1.75. The molecule has 0 aliphatic heterocycles. The summed E-state index contributed by atoms with van der Waals surface area (Å²) in [6.45, 7) is 2.20. The standard InChI is InChI=1S/C15H20ClNO4/c1-11(8-9-15(19)20)17-14(18)7-4-10-21-13-6-3-2-5-12(13)16/h2-3,5-6,11H,4,7-10H2,1H3,(H,17,18)(H,19,20). The number of hydrogen-bond donors (Lipinski definition) is 2. The molecule has 0 aliphatic rings. The van der Waals surface area contributed by atoms with Crippen molar-refractivity contribution in [1.82, 2.24) is 5.32 Å². The number of carbonyl (C=O) groups is 2. The van der Waals surface area contributed by atoms with Crippen molar-refractivity contribution in [2.75, 3.05) is 6.61 Å². The van der Waals surface area contributed by atoms with Crippen LogP contribution < -0.4 is 10.1 Å². The minimum atomic E-state index is -0.857. The van der Waals surface area contributed by atoms with Crippen LogP contribution in [-0.2, 0) is 9.59 Å². The number of amides is 1. The van der Waals surface area contributed by atoms with Crippen molar-refractivity contribution in [3.05, 3.63) is 29.3 Å². The molecule has 0 saturated heterocycles. The lowest BCUT2D eigenvalue weighted by molar-refractivity contribution is -0.137. The summed E-state index contributed by atoms with van der Waals surface area (Å²) in [4.78, 5) is 22.1. The summed E-state index contributed by atoms with van der Waals surface area (Å²) in [5, 5.41) is 11.9. The Bertz CT molecular complexity index is 478. The predicted octanol–water partition coefficient (Wildman–Crippen LogP) is 2.87. The van der Waals surface area contributed by atoms with Gasteiger partial charge in [0, 0.05) is 18.9 Å². The van der Waals surface area contributed by atoms with E-state index < -0.39 is 5.97 Å². The van der Waals surface area contributed by atoms with Crippen molar-refractivity contribution in [1.29, 1.82) is 0 Å². The number of nitrogens with one attached hydrogen (secondary N) is 1. The van der Waals surface area contributed by atoms with Crippen molar-refractivity contribution >= 4 is 23.5 Å². The molecule has 1 aromatic carbocycles. The highest BCUT2D eigenvalue weighted by Crippen LogP contribution is 2.23. The maximum Gasteiger partial charge on any atom is 0.303 e. The Morgan fingerprint density at radius 1 is 1.33 bits per heavy atom. The summed E-state index contributed by atoms with van der Waals surface area (Å²) in [5.74, 6) is -0.353. The highest BCUT2D eigenvalue weighted by atomic mass is 35.5.